The summed E-state index contributed by atoms with van der Waals surface area (Å²) in [4.78, 5) is 11.6. The molecule has 2 nitrogen and oxygen atoms in total. The zero-order chi connectivity index (χ0) is 15.4. The predicted octanol–water partition coefficient (Wildman–Crippen LogP) is 5.43. The third kappa shape index (κ3) is 2.71. The molecule has 0 bridgehead atoms. The van der Waals surface area contributed by atoms with Crippen LogP contribution in [0.25, 0.3) is 21.8 Å². The molecule has 3 rings (SSSR count). The van der Waals surface area contributed by atoms with E-state index in [9.17, 15) is 4.79 Å². The number of para-hydroxylation sites is 1. The summed E-state index contributed by atoms with van der Waals surface area (Å²) in [5.74, 6) is 0.120. The Morgan fingerprint density at radius 3 is 2.33 bits per heavy atom. The number of fused-ring (bicyclic) bond motifs is 3. The quantitative estimate of drug-likeness (QED) is 0.586. The van der Waals surface area contributed by atoms with Crippen molar-refractivity contribution in [3.05, 3.63) is 48.0 Å². The summed E-state index contributed by atoms with van der Waals surface area (Å²) in [5.41, 5.74) is 3.25. The number of ketones is 1. The highest BCUT2D eigenvalue weighted by atomic mass is 16.1. The molecular weight excluding hydrogens is 258 g/mol. The molecule has 21 heavy (non-hydrogen) atoms. The normalized spacial score (nSPS) is 10.5. The summed E-state index contributed by atoms with van der Waals surface area (Å²) in [6, 6.07) is 14.4. The zero-order valence-corrected chi connectivity index (χ0v) is 13.3. The number of benzene rings is 2. The lowest BCUT2D eigenvalue weighted by Gasteiger charge is -2.05. The molecule has 0 fully saturated rings. The van der Waals surface area contributed by atoms with E-state index < -0.39 is 0 Å². The number of nitrogens with zero attached hydrogens (tertiary/aromatic N) is 1. The second kappa shape index (κ2) is 6.57. The van der Waals surface area contributed by atoms with Gasteiger partial charge in [-0.2, -0.15) is 0 Å². The Hall–Kier alpha value is -2.09. The van der Waals surface area contributed by atoms with Gasteiger partial charge in [-0.25, -0.2) is 0 Å². The van der Waals surface area contributed by atoms with Crippen LogP contribution in [0.4, 0.5) is 0 Å². The van der Waals surface area contributed by atoms with Gasteiger partial charge in [-0.1, -0.05) is 39.0 Å². The lowest BCUT2D eigenvalue weighted by molar-refractivity contribution is 0.101. The highest BCUT2D eigenvalue weighted by Gasteiger charge is 2.11. The van der Waals surface area contributed by atoms with Gasteiger partial charge in [0.2, 0.25) is 0 Å². The van der Waals surface area contributed by atoms with E-state index in [1.165, 1.54) is 21.8 Å². The molecule has 110 valence electrons. The Morgan fingerprint density at radius 2 is 1.67 bits per heavy atom. The van der Waals surface area contributed by atoms with E-state index in [0.717, 1.165) is 18.5 Å². The largest absolute Gasteiger partial charge is 0.340 e. The molecule has 2 aromatic carbocycles. The minimum atomic E-state index is 0.120. The van der Waals surface area contributed by atoms with Crippen molar-refractivity contribution in [3.8, 4) is 0 Å². The Morgan fingerprint density at radius 1 is 1.00 bits per heavy atom. The van der Waals surface area contributed by atoms with Gasteiger partial charge in [-0.3, -0.25) is 4.79 Å². The summed E-state index contributed by atoms with van der Waals surface area (Å²) in [7, 11) is 0. The highest BCUT2D eigenvalue weighted by molar-refractivity contribution is 6.10. The van der Waals surface area contributed by atoms with Gasteiger partial charge in [-0.15, -0.1) is 0 Å². The van der Waals surface area contributed by atoms with Crippen LogP contribution >= 0.6 is 0 Å². The fourth-order valence-electron chi connectivity index (χ4n) is 2.74. The van der Waals surface area contributed by atoms with Crippen LogP contribution in [-0.4, -0.2) is 10.4 Å². The number of hydrogen-bond acceptors (Lipinski definition) is 1. The standard InChI is InChI=1S/C17H17NO.C2H6/c1-3-10-18-16-7-5-4-6-14(16)15-11-13(12(2)19)8-9-17(15)18;1-2/h4-9,11H,3,10H2,1-2H3;1-2H3. The molecule has 0 unspecified atom stereocenters. The zero-order valence-electron chi connectivity index (χ0n) is 13.3. The Labute approximate surface area is 126 Å². The van der Waals surface area contributed by atoms with Crippen molar-refractivity contribution >= 4 is 27.6 Å². The smallest absolute Gasteiger partial charge is 0.159 e. The molecule has 0 saturated carbocycles. The first-order valence-electron chi connectivity index (χ1n) is 7.74. The number of aryl methyl sites for hydroxylation is 1. The number of hydrogen-bond donors (Lipinski definition) is 0. The minimum Gasteiger partial charge on any atom is -0.340 e. The maximum absolute atomic E-state index is 11.6. The minimum absolute atomic E-state index is 0.120. The van der Waals surface area contributed by atoms with Crippen molar-refractivity contribution in [2.24, 2.45) is 0 Å². The molecule has 0 radical (unpaired) electrons. The van der Waals surface area contributed by atoms with E-state index >= 15 is 0 Å². The van der Waals surface area contributed by atoms with Crippen LogP contribution in [0.2, 0.25) is 0 Å². The third-order valence-corrected chi connectivity index (χ3v) is 3.63. The van der Waals surface area contributed by atoms with Crippen LogP contribution in [0, 0.1) is 0 Å². The molecule has 0 atom stereocenters. The lowest BCUT2D eigenvalue weighted by atomic mass is 10.1. The van der Waals surface area contributed by atoms with Crippen LogP contribution in [-0.2, 0) is 6.54 Å². The monoisotopic (exact) mass is 281 g/mol. The molecule has 0 saturated heterocycles. The number of Topliss-reactive ketones (excluding diaryl/α,β-unsaturated/α-hetero) is 1. The van der Waals surface area contributed by atoms with E-state index in [0.29, 0.717) is 0 Å². The van der Waals surface area contributed by atoms with Crippen LogP contribution in [0.5, 0.6) is 0 Å². The van der Waals surface area contributed by atoms with Gasteiger partial charge >= 0.3 is 0 Å². The van der Waals surface area contributed by atoms with Crippen molar-refractivity contribution in [1.29, 1.82) is 0 Å². The van der Waals surface area contributed by atoms with Crippen molar-refractivity contribution in [2.45, 2.75) is 40.7 Å². The van der Waals surface area contributed by atoms with Gasteiger partial charge in [0.15, 0.2) is 5.78 Å². The van der Waals surface area contributed by atoms with Crippen LogP contribution in [0.15, 0.2) is 42.5 Å². The maximum Gasteiger partial charge on any atom is 0.159 e. The van der Waals surface area contributed by atoms with E-state index in [2.05, 4.69) is 41.8 Å². The SMILES string of the molecule is CC.CCCn1c2ccccc2c2cc(C(C)=O)ccc21. The number of carbonyl (C=O) groups excluding carboxylic acids is 1. The molecule has 1 heterocycles. The topological polar surface area (TPSA) is 22.0 Å². The van der Waals surface area contributed by atoms with E-state index in [4.69, 9.17) is 0 Å². The van der Waals surface area contributed by atoms with Crippen LogP contribution < -0.4 is 0 Å². The highest BCUT2D eigenvalue weighted by Crippen LogP contribution is 2.30. The van der Waals surface area contributed by atoms with E-state index in [-0.39, 0.29) is 5.78 Å². The molecule has 0 N–H and O–H groups in total. The molecule has 0 spiro atoms. The van der Waals surface area contributed by atoms with E-state index in [1.807, 2.05) is 26.0 Å². The van der Waals surface area contributed by atoms with Gasteiger partial charge in [0.25, 0.3) is 0 Å². The molecule has 1 aromatic heterocycles. The second-order valence-electron chi connectivity index (χ2n) is 4.96. The molecular formula is C19H23NO. The molecule has 0 aliphatic heterocycles. The fourth-order valence-corrected chi connectivity index (χ4v) is 2.74. The molecule has 0 amide bonds. The Kier molecular flexibility index (Phi) is 4.79. The van der Waals surface area contributed by atoms with Crippen molar-refractivity contribution in [1.82, 2.24) is 4.57 Å². The first-order chi connectivity index (χ1) is 10.2. The number of aromatic nitrogens is 1. The van der Waals surface area contributed by atoms with Crippen molar-refractivity contribution < 1.29 is 4.79 Å². The average molecular weight is 281 g/mol. The molecule has 0 aliphatic rings. The summed E-state index contributed by atoms with van der Waals surface area (Å²) >= 11 is 0. The summed E-state index contributed by atoms with van der Waals surface area (Å²) in [6.45, 7) is 8.81. The lowest BCUT2D eigenvalue weighted by Crippen LogP contribution is -1.96. The van der Waals surface area contributed by atoms with Gasteiger partial charge in [-0.05, 0) is 37.6 Å². The number of carbonyl (C=O) groups is 1. The Balaban J connectivity index is 0.000000774. The summed E-state index contributed by atoms with van der Waals surface area (Å²) in [6.07, 6.45) is 1.10. The molecule has 2 heteroatoms. The summed E-state index contributed by atoms with van der Waals surface area (Å²) < 4.78 is 2.34. The first-order valence-corrected chi connectivity index (χ1v) is 7.74. The van der Waals surface area contributed by atoms with Gasteiger partial charge in [0.1, 0.15) is 0 Å². The fraction of sp³-hybridized carbons (Fsp3) is 0.316. The summed E-state index contributed by atoms with van der Waals surface area (Å²) in [5, 5.41) is 2.41. The van der Waals surface area contributed by atoms with Gasteiger partial charge < -0.3 is 4.57 Å². The van der Waals surface area contributed by atoms with E-state index in [1.54, 1.807) is 6.92 Å². The first kappa shape index (κ1) is 15.3. The van der Waals surface area contributed by atoms with Crippen molar-refractivity contribution in [3.63, 3.8) is 0 Å². The predicted molar refractivity (Wildman–Crippen MR) is 91.1 cm³/mol. The molecule has 0 aliphatic carbocycles. The molecule has 3 aromatic rings. The Bertz CT molecular complexity index is 768. The maximum atomic E-state index is 11.6. The third-order valence-electron chi connectivity index (χ3n) is 3.63. The van der Waals surface area contributed by atoms with Gasteiger partial charge in [0, 0.05) is 33.9 Å². The van der Waals surface area contributed by atoms with Crippen LogP contribution in [0.1, 0.15) is 44.5 Å². The number of rotatable bonds is 3. The van der Waals surface area contributed by atoms with Crippen molar-refractivity contribution in [2.75, 3.05) is 0 Å². The van der Waals surface area contributed by atoms with Gasteiger partial charge in [0.05, 0.1) is 0 Å². The second-order valence-corrected chi connectivity index (χ2v) is 4.96. The average Bonchev–Trinajstić information content (AvgIpc) is 2.84. The van der Waals surface area contributed by atoms with Crippen LogP contribution in [0.3, 0.4) is 0 Å².